The van der Waals surface area contributed by atoms with Crippen LogP contribution in [0.25, 0.3) is 0 Å². The Morgan fingerprint density at radius 1 is 1.00 bits per heavy atom. The average molecular weight is 295 g/mol. The summed E-state index contributed by atoms with van der Waals surface area (Å²) in [4.78, 5) is 14.3. The van der Waals surface area contributed by atoms with Crippen molar-refractivity contribution in [2.75, 3.05) is 19.7 Å². The van der Waals surface area contributed by atoms with Gasteiger partial charge < -0.3 is 10.0 Å². The Hall–Kier alpha value is -2.13. The van der Waals surface area contributed by atoms with Crippen molar-refractivity contribution in [3.63, 3.8) is 0 Å². The molecule has 0 aliphatic carbocycles. The molecule has 2 aromatic rings. The highest BCUT2D eigenvalue weighted by molar-refractivity contribution is 5.78. The lowest BCUT2D eigenvalue weighted by molar-refractivity contribution is -0.138. The van der Waals surface area contributed by atoms with E-state index in [2.05, 4.69) is 24.3 Å². The van der Waals surface area contributed by atoms with Crippen molar-refractivity contribution in [3.8, 4) is 0 Å². The van der Waals surface area contributed by atoms with Crippen LogP contribution in [0.3, 0.4) is 0 Å². The smallest absolute Gasteiger partial charge is 0.223 e. The van der Waals surface area contributed by atoms with Gasteiger partial charge in [0, 0.05) is 38.0 Å². The van der Waals surface area contributed by atoms with Gasteiger partial charge in [-0.3, -0.25) is 4.79 Å². The Balaban J connectivity index is 1.77. The predicted molar refractivity (Wildman–Crippen MR) is 86.5 cm³/mol. The van der Waals surface area contributed by atoms with Gasteiger partial charge in [-0.15, -0.1) is 0 Å². The van der Waals surface area contributed by atoms with Gasteiger partial charge in [-0.05, 0) is 11.1 Å². The van der Waals surface area contributed by atoms with E-state index in [9.17, 15) is 4.79 Å². The number of carbonyl (C=O) groups is 1. The zero-order valence-corrected chi connectivity index (χ0v) is 12.6. The van der Waals surface area contributed by atoms with Gasteiger partial charge >= 0.3 is 0 Å². The second-order valence-corrected chi connectivity index (χ2v) is 5.93. The number of hydrogen-bond donors (Lipinski definition) is 1. The molecule has 0 aromatic heterocycles. The lowest BCUT2D eigenvalue weighted by atomic mass is 9.87. The van der Waals surface area contributed by atoms with Crippen LogP contribution >= 0.6 is 0 Å². The topological polar surface area (TPSA) is 40.5 Å². The summed E-state index contributed by atoms with van der Waals surface area (Å²) in [6.07, 6.45) is 0.478. The zero-order chi connectivity index (χ0) is 15.4. The first-order valence-corrected chi connectivity index (χ1v) is 7.76. The summed E-state index contributed by atoms with van der Waals surface area (Å²) < 4.78 is 0. The molecule has 2 aromatic carbocycles. The molecule has 0 saturated carbocycles. The Labute approximate surface area is 131 Å². The van der Waals surface area contributed by atoms with Crippen LogP contribution in [0.1, 0.15) is 23.5 Å². The summed E-state index contributed by atoms with van der Waals surface area (Å²) in [6.45, 7) is 1.54. The van der Waals surface area contributed by atoms with Crippen molar-refractivity contribution in [2.45, 2.75) is 12.3 Å². The van der Waals surface area contributed by atoms with Crippen LogP contribution in [0, 0.1) is 5.92 Å². The van der Waals surface area contributed by atoms with Crippen molar-refractivity contribution in [2.24, 2.45) is 5.92 Å². The van der Waals surface area contributed by atoms with Gasteiger partial charge in [-0.25, -0.2) is 0 Å². The first kappa shape index (κ1) is 14.8. The maximum atomic E-state index is 12.5. The molecule has 3 rings (SSSR count). The summed E-state index contributed by atoms with van der Waals surface area (Å²) in [5, 5.41) is 9.09. The van der Waals surface area contributed by atoms with E-state index in [1.807, 2.05) is 41.3 Å². The fourth-order valence-corrected chi connectivity index (χ4v) is 2.99. The molecular formula is C19H21NO2. The van der Waals surface area contributed by atoms with E-state index in [1.165, 1.54) is 11.1 Å². The molecule has 22 heavy (non-hydrogen) atoms. The molecule has 0 bridgehead atoms. The van der Waals surface area contributed by atoms with Crippen LogP contribution in [0.5, 0.6) is 0 Å². The van der Waals surface area contributed by atoms with Crippen LogP contribution in [0.4, 0.5) is 0 Å². The molecule has 1 amide bonds. The van der Waals surface area contributed by atoms with Crippen molar-refractivity contribution in [3.05, 3.63) is 71.8 Å². The molecule has 0 atom stereocenters. The number of aliphatic hydroxyl groups is 1. The van der Waals surface area contributed by atoms with E-state index in [-0.39, 0.29) is 24.3 Å². The maximum Gasteiger partial charge on any atom is 0.223 e. The number of amides is 1. The van der Waals surface area contributed by atoms with Crippen LogP contribution in [0.15, 0.2) is 60.7 Å². The molecule has 0 radical (unpaired) electrons. The fourth-order valence-electron chi connectivity index (χ4n) is 2.99. The lowest BCUT2D eigenvalue weighted by Gasteiger charge is -2.39. The van der Waals surface area contributed by atoms with Gasteiger partial charge in [-0.2, -0.15) is 0 Å². The highest BCUT2D eigenvalue weighted by atomic mass is 16.3. The molecule has 1 heterocycles. The van der Waals surface area contributed by atoms with E-state index in [0.717, 1.165) is 0 Å². The predicted octanol–water partition coefficient (Wildman–Crippen LogP) is 2.66. The maximum absolute atomic E-state index is 12.5. The number of aliphatic hydroxyl groups excluding tert-OH is 1. The van der Waals surface area contributed by atoms with Gasteiger partial charge in [0.25, 0.3) is 0 Å². The normalized spacial score (nSPS) is 14.9. The standard InChI is InChI=1S/C19H21NO2/c21-14-15-12-20(13-15)19(22)11-18(16-7-3-1-4-8-16)17-9-5-2-6-10-17/h1-10,15,18,21H,11-14H2. The average Bonchev–Trinajstić information content (AvgIpc) is 2.53. The highest BCUT2D eigenvalue weighted by Gasteiger charge is 2.31. The van der Waals surface area contributed by atoms with Gasteiger partial charge in [0.2, 0.25) is 5.91 Å². The second kappa shape index (κ2) is 6.75. The molecule has 0 spiro atoms. The SMILES string of the molecule is O=C(CC(c1ccccc1)c1ccccc1)N1CC(CO)C1. The number of likely N-dealkylation sites (tertiary alicyclic amines) is 1. The molecule has 1 aliphatic rings. The van der Waals surface area contributed by atoms with Crippen LogP contribution in [-0.4, -0.2) is 35.6 Å². The lowest BCUT2D eigenvalue weighted by Crippen LogP contribution is -2.51. The van der Waals surface area contributed by atoms with Gasteiger partial charge in [0.1, 0.15) is 0 Å². The Morgan fingerprint density at radius 2 is 1.50 bits per heavy atom. The van der Waals surface area contributed by atoms with Gasteiger partial charge in [-0.1, -0.05) is 60.7 Å². The van der Waals surface area contributed by atoms with Crippen molar-refractivity contribution < 1.29 is 9.90 Å². The van der Waals surface area contributed by atoms with Crippen molar-refractivity contribution in [1.29, 1.82) is 0 Å². The van der Waals surface area contributed by atoms with Crippen LogP contribution in [0.2, 0.25) is 0 Å². The Kier molecular flexibility index (Phi) is 4.54. The summed E-state index contributed by atoms with van der Waals surface area (Å²) in [6, 6.07) is 20.4. The van der Waals surface area contributed by atoms with E-state index in [0.29, 0.717) is 19.5 Å². The van der Waals surface area contributed by atoms with Crippen LogP contribution in [-0.2, 0) is 4.79 Å². The molecule has 1 aliphatic heterocycles. The Bertz CT molecular complexity index is 566. The monoisotopic (exact) mass is 295 g/mol. The quantitative estimate of drug-likeness (QED) is 0.921. The summed E-state index contributed by atoms with van der Waals surface area (Å²) >= 11 is 0. The van der Waals surface area contributed by atoms with E-state index in [4.69, 9.17) is 5.11 Å². The van der Waals surface area contributed by atoms with Crippen molar-refractivity contribution in [1.82, 2.24) is 4.90 Å². The second-order valence-electron chi connectivity index (χ2n) is 5.93. The number of carbonyl (C=O) groups excluding carboxylic acids is 1. The Morgan fingerprint density at radius 3 is 1.95 bits per heavy atom. The molecule has 1 N–H and O–H groups in total. The number of nitrogens with zero attached hydrogens (tertiary/aromatic N) is 1. The fraction of sp³-hybridized carbons (Fsp3) is 0.316. The third-order valence-electron chi connectivity index (χ3n) is 4.35. The number of rotatable bonds is 5. The van der Waals surface area contributed by atoms with Crippen molar-refractivity contribution >= 4 is 5.91 Å². The zero-order valence-electron chi connectivity index (χ0n) is 12.6. The van der Waals surface area contributed by atoms with Crippen LogP contribution < -0.4 is 0 Å². The van der Waals surface area contributed by atoms with E-state index in [1.54, 1.807) is 0 Å². The minimum Gasteiger partial charge on any atom is -0.396 e. The third kappa shape index (κ3) is 3.20. The molecular weight excluding hydrogens is 274 g/mol. The first-order chi connectivity index (χ1) is 10.8. The molecule has 1 saturated heterocycles. The molecule has 1 fully saturated rings. The molecule has 114 valence electrons. The van der Waals surface area contributed by atoms with E-state index < -0.39 is 0 Å². The summed E-state index contributed by atoms with van der Waals surface area (Å²) in [5.74, 6) is 0.515. The minimum atomic E-state index is 0.0862. The molecule has 3 nitrogen and oxygen atoms in total. The number of benzene rings is 2. The first-order valence-electron chi connectivity index (χ1n) is 7.76. The van der Waals surface area contributed by atoms with E-state index >= 15 is 0 Å². The largest absolute Gasteiger partial charge is 0.396 e. The molecule has 0 unspecified atom stereocenters. The summed E-state index contributed by atoms with van der Waals surface area (Å²) in [7, 11) is 0. The third-order valence-corrected chi connectivity index (χ3v) is 4.35. The number of hydrogen-bond acceptors (Lipinski definition) is 2. The summed E-state index contributed by atoms with van der Waals surface area (Å²) in [5.41, 5.74) is 2.34. The minimum absolute atomic E-state index is 0.0862. The van der Waals surface area contributed by atoms with Gasteiger partial charge in [0.05, 0.1) is 0 Å². The molecule has 3 heteroatoms. The highest BCUT2D eigenvalue weighted by Crippen LogP contribution is 2.29. The van der Waals surface area contributed by atoms with Gasteiger partial charge in [0.15, 0.2) is 0 Å².